The number of amides is 1. The molecule has 0 aromatic heterocycles. The Morgan fingerprint density at radius 2 is 1.50 bits per heavy atom. The number of carbonyl (C=O) groups excluding carboxylic acids is 1. The second kappa shape index (κ2) is 6.91. The Labute approximate surface area is 154 Å². The molecule has 0 unspecified atom stereocenters. The number of sulfonamides is 2. The first-order valence-electron chi connectivity index (χ1n) is 8.45. The number of piperazine rings is 1. The van der Waals surface area contributed by atoms with Crippen LogP contribution in [0, 0.1) is 0 Å². The maximum absolute atomic E-state index is 12.6. The molecule has 0 bridgehead atoms. The molecule has 1 aromatic carbocycles. The molecule has 144 valence electrons. The monoisotopic (exact) mass is 401 g/mol. The van der Waals surface area contributed by atoms with Gasteiger partial charge in [0.05, 0.1) is 10.1 Å². The van der Waals surface area contributed by atoms with Crippen molar-refractivity contribution >= 4 is 26.0 Å². The van der Waals surface area contributed by atoms with Crippen molar-refractivity contribution in [1.82, 2.24) is 13.5 Å². The standard InChI is InChI=1S/C16H23N3O5S2/c1-17(2)25(21,22)14-5-3-13(4-6-14)16(20)18-9-11-19(12-10-18)26(23,24)15-7-8-15/h3-6,15H,7-12H2,1-2H3. The normalized spacial score (nSPS) is 19.7. The highest BCUT2D eigenvalue weighted by Crippen LogP contribution is 2.31. The Kier molecular flexibility index (Phi) is 5.13. The summed E-state index contributed by atoms with van der Waals surface area (Å²) in [6.07, 6.45) is 1.45. The second-order valence-corrected chi connectivity index (χ2v) is 11.1. The molecule has 0 radical (unpaired) electrons. The van der Waals surface area contributed by atoms with Crippen LogP contribution in [0.25, 0.3) is 0 Å². The lowest BCUT2D eigenvalue weighted by molar-refractivity contribution is 0.0697. The van der Waals surface area contributed by atoms with Gasteiger partial charge in [0.25, 0.3) is 5.91 Å². The third-order valence-electron chi connectivity index (χ3n) is 4.71. The average Bonchev–Trinajstić information content (AvgIpc) is 3.47. The summed E-state index contributed by atoms with van der Waals surface area (Å²) in [6, 6.07) is 5.81. The fourth-order valence-corrected chi connectivity index (χ4v) is 5.61. The van der Waals surface area contributed by atoms with E-state index in [1.54, 1.807) is 4.90 Å². The van der Waals surface area contributed by atoms with Gasteiger partial charge in [-0.1, -0.05) is 0 Å². The van der Waals surface area contributed by atoms with Crippen LogP contribution in [-0.4, -0.2) is 81.8 Å². The van der Waals surface area contributed by atoms with Gasteiger partial charge >= 0.3 is 0 Å². The van der Waals surface area contributed by atoms with Crippen molar-refractivity contribution in [3.63, 3.8) is 0 Å². The van der Waals surface area contributed by atoms with Crippen molar-refractivity contribution in [2.24, 2.45) is 0 Å². The van der Waals surface area contributed by atoms with Gasteiger partial charge in [0.2, 0.25) is 20.0 Å². The molecule has 0 atom stereocenters. The van der Waals surface area contributed by atoms with Gasteiger partial charge in [-0.2, -0.15) is 4.31 Å². The van der Waals surface area contributed by atoms with E-state index in [0.717, 1.165) is 17.1 Å². The summed E-state index contributed by atoms with van der Waals surface area (Å²) in [5, 5.41) is -0.240. The fraction of sp³-hybridized carbons (Fsp3) is 0.562. The highest BCUT2D eigenvalue weighted by Gasteiger charge is 2.41. The summed E-state index contributed by atoms with van der Waals surface area (Å²) < 4.78 is 51.2. The molecule has 1 aliphatic heterocycles. The number of benzene rings is 1. The molecule has 26 heavy (non-hydrogen) atoms. The first-order chi connectivity index (χ1) is 12.1. The van der Waals surface area contributed by atoms with Gasteiger partial charge in [-0.25, -0.2) is 21.1 Å². The summed E-state index contributed by atoms with van der Waals surface area (Å²) in [7, 11) is -3.85. The molecule has 8 nitrogen and oxygen atoms in total. The van der Waals surface area contributed by atoms with Crippen LogP contribution in [0.5, 0.6) is 0 Å². The molecule has 2 fully saturated rings. The first-order valence-corrected chi connectivity index (χ1v) is 11.4. The fourth-order valence-electron chi connectivity index (χ4n) is 2.89. The minimum absolute atomic E-state index is 0.124. The predicted octanol–water partition coefficient (Wildman–Crippen LogP) is 0.187. The van der Waals surface area contributed by atoms with Crippen molar-refractivity contribution in [2.45, 2.75) is 23.0 Å². The summed E-state index contributed by atoms with van der Waals surface area (Å²) in [6.45, 7) is 1.28. The van der Waals surface area contributed by atoms with E-state index in [1.807, 2.05) is 0 Å². The van der Waals surface area contributed by atoms with Gasteiger partial charge in [-0.3, -0.25) is 4.79 Å². The molecule has 0 N–H and O–H groups in total. The van der Waals surface area contributed by atoms with Gasteiger partial charge in [-0.05, 0) is 37.1 Å². The van der Waals surface area contributed by atoms with Gasteiger partial charge in [0.15, 0.2) is 0 Å². The van der Waals surface area contributed by atoms with Gasteiger partial charge in [-0.15, -0.1) is 0 Å². The Hall–Kier alpha value is -1.49. The molecule has 0 spiro atoms. The van der Waals surface area contributed by atoms with Crippen molar-refractivity contribution in [3.05, 3.63) is 29.8 Å². The van der Waals surface area contributed by atoms with E-state index in [-0.39, 0.29) is 16.1 Å². The molecule has 1 saturated heterocycles. The van der Waals surface area contributed by atoms with Crippen molar-refractivity contribution in [2.75, 3.05) is 40.3 Å². The van der Waals surface area contributed by atoms with Crippen LogP contribution in [0.1, 0.15) is 23.2 Å². The molecule has 1 aromatic rings. The predicted molar refractivity (Wildman–Crippen MR) is 96.7 cm³/mol. The summed E-state index contributed by atoms with van der Waals surface area (Å²) >= 11 is 0. The average molecular weight is 402 g/mol. The minimum Gasteiger partial charge on any atom is -0.336 e. The van der Waals surface area contributed by atoms with E-state index in [1.165, 1.54) is 42.7 Å². The molecule has 1 heterocycles. The molecule has 1 aliphatic carbocycles. The van der Waals surface area contributed by atoms with E-state index in [4.69, 9.17) is 0 Å². The Bertz CT molecular complexity index is 882. The third kappa shape index (κ3) is 3.64. The zero-order chi connectivity index (χ0) is 19.1. The number of nitrogens with zero attached hydrogens (tertiary/aromatic N) is 3. The van der Waals surface area contributed by atoms with E-state index in [9.17, 15) is 21.6 Å². The van der Waals surface area contributed by atoms with Crippen LogP contribution in [0.15, 0.2) is 29.2 Å². The van der Waals surface area contributed by atoms with Crippen molar-refractivity contribution < 1.29 is 21.6 Å². The topological polar surface area (TPSA) is 95.1 Å². The van der Waals surface area contributed by atoms with Crippen LogP contribution in [0.3, 0.4) is 0 Å². The molecular formula is C16H23N3O5S2. The largest absolute Gasteiger partial charge is 0.336 e. The van der Waals surface area contributed by atoms with Gasteiger partial charge in [0.1, 0.15) is 0 Å². The lowest BCUT2D eigenvalue weighted by atomic mass is 10.2. The number of hydrogen-bond acceptors (Lipinski definition) is 5. The highest BCUT2D eigenvalue weighted by molar-refractivity contribution is 7.90. The van der Waals surface area contributed by atoms with Crippen LogP contribution < -0.4 is 0 Å². The second-order valence-electron chi connectivity index (χ2n) is 6.75. The molecule has 10 heteroatoms. The lowest BCUT2D eigenvalue weighted by Crippen LogP contribution is -2.51. The molecule has 3 rings (SSSR count). The van der Waals surface area contributed by atoms with E-state index >= 15 is 0 Å². The Balaban J connectivity index is 1.65. The smallest absolute Gasteiger partial charge is 0.253 e. The third-order valence-corrected chi connectivity index (χ3v) is 8.94. The summed E-state index contributed by atoms with van der Waals surface area (Å²) in [5.74, 6) is -0.220. The molecular weight excluding hydrogens is 378 g/mol. The van der Waals surface area contributed by atoms with Crippen LogP contribution >= 0.6 is 0 Å². The lowest BCUT2D eigenvalue weighted by Gasteiger charge is -2.34. The maximum atomic E-state index is 12.6. The van der Waals surface area contributed by atoms with Crippen molar-refractivity contribution in [3.8, 4) is 0 Å². The number of hydrogen-bond donors (Lipinski definition) is 0. The summed E-state index contributed by atoms with van der Waals surface area (Å²) in [4.78, 5) is 14.3. The SMILES string of the molecule is CN(C)S(=O)(=O)c1ccc(C(=O)N2CCN(S(=O)(=O)C3CC3)CC2)cc1. The zero-order valence-electron chi connectivity index (χ0n) is 14.8. The van der Waals surface area contributed by atoms with E-state index in [0.29, 0.717) is 31.7 Å². The molecule has 1 saturated carbocycles. The van der Waals surface area contributed by atoms with Gasteiger partial charge < -0.3 is 4.90 Å². The van der Waals surface area contributed by atoms with E-state index in [2.05, 4.69) is 0 Å². The van der Waals surface area contributed by atoms with Crippen molar-refractivity contribution in [1.29, 1.82) is 0 Å². The Morgan fingerprint density at radius 1 is 0.962 bits per heavy atom. The maximum Gasteiger partial charge on any atom is 0.253 e. The van der Waals surface area contributed by atoms with Gasteiger partial charge in [0, 0.05) is 45.8 Å². The zero-order valence-corrected chi connectivity index (χ0v) is 16.5. The number of rotatable bonds is 5. The first kappa shape index (κ1) is 19.3. The Morgan fingerprint density at radius 3 is 1.96 bits per heavy atom. The van der Waals surface area contributed by atoms with Crippen LogP contribution in [0.4, 0.5) is 0 Å². The van der Waals surface area contributed by atoms with Crippen LogP contribution in [0.2, 0.25) is 0 Å². The van der Waals surface area contributed by atoms with E-state index < -0.39 is 20.0 Å². The van der Waals surface area contributed by atoms with Crippen LogP contribution in [-0.2, 0) is 20.0 Å². The quantitative estimate of drug-likeness (QED) is 0.702. The number of carbonyl (C=O) groups is 1. The molecule has 1 amide bonds. The molecule has 2 aliphatic rings. The minimum atomic E-state index is -3.54. The summed E-state index contributed by atoms with van der Waals surface area (Å²) in [5.41, 5.74) is 0.390. The highest BCUT2D eigenvalue weighted by atomic mass is 32.2.